The van der Waals surface area contributed by atoms with Crippen molar-refractivity contribution in [2.75, 3.05) is 13.1 Å². The molecule has 1 aliphatic rings. The van der Waals surface area contributed by atoms with Crippen LogP contribution in [-0.2, 0) is 11.2 Å². The third-order valence-corrected chi connectivity index (χ3v) is 3.42. The van der Waals surface area contributed by atoms with Gasteiger partial charge < -0.3 is 9.64 Å². The van der Waals surface area contributed by atoms with Crippen LogP contribution in [0, 0.1) is 5.92 Å². The van der Waals surface area contributed by atoms with Gasteiger partial charge >= 0.3 is 6.09 Å². The number of pyridine rings is 1. The summed E-state index contributed by atoms with van der Waals surface area (Å²) in [5.41, 5.74) is 0.816. The smallest absolute Gasteiger partial charge is 0.410 e. The summed E-state index contributed by atoms with van der Waals surface area (Å²) in [6.07, 6.45) is 6.70. The first kappa shape index (κ1) is 14.8. The maximum absolute atomic E-state index is 12.1. The molecule has 1 unspecified atom stereocenters. The Bertz CT molecular complexity index is 440. The van der Waals surface area contributed by atoms with Crippen LogP contribution in [0.3, 0.4) is 0 Å². The van der Waals surface area contributed by atoms with Crippen LogP contribution in [0.25, 0.3) is 0 Å². The van der Waals surface area contributed by atoms with E-state index in [9.17, 15) is 4.79 Å². The molecule has 0 aliphatic carbocycles. The van der Waals surface area contributed by atoms with Gasteiger partial charge in [-0.05, 0) is 57.6 Å². The van der Waals surface area contributed by atoms with Gasteiger partial charge in [0.05, 0.1) is 0 Å². The van der Waals surface area contributed by atoms with E-state index in [0.717, 1.165) is 32.4 Å². The van der Waals surface area contributed by atoms with Crippen LogP contribution in [0.15, 0.2) is 24.5 Å². The van der Waals surface area contributed by atoms with Crippen molar-refractivity contribution in [3.8, 4) is 0 Å². The highest BCUT2D eigenvalue weighted by molar-refractivity contribution is 5.68. The Morgan fingerprint density at radius 1 is 1.50 bits per heavy atom. The molecule has 4 heteroatoms. The largest absolute Gasteiger partial charge is 0.444 e. The standard InChI is InChI=1S/C16H24N2O2/c1-16(2,3)20-15(19)18-9-5-7-14(12-18)10-13-6-4-8-17-11-13/h4,6,8,11,14H,5,7,9-10,12H2,1-3H3. The van der Waals surface area contributed by atoms with Crippen LogP contribution < -0.4 is 0 Å². The molecule has 1 atom stereocenters. The maximum atomic E-state index is 12.1. The third kappa shape index (κ3) is 4.51. The first-order valence-electron chi connectivity index (χ1n) is 7.31. The lowest BCUT2D eigenvalue weighted by Crippen LogP contribution is -2.43. The van der Waals surface area contributed by atoms with Crippen LogP contribution in [0.2, 0.25) is 0 Å². The van der Waals surface area contributed by atoms with Crippen molar-refractivity contribution in [3.05, 3.63) is 30.1 Å². The number of amides is 1. The molecule has 2 rings (SSSR count). The lowest BCUT2D eigenvalue weighted by atomic mass is 9.92. The highest BCUT2D eigenvalue weighted by atomic mass is 16.6. The Morgan fingerprint density at radius 3 is 2.95 bits per heavy atom. The first-order valence-corrected chi connectivity index (χ1v) is 7.31. The van der Waals surface area contributed by atoms with Crippen molar-refractivity contribution in [3.63, 3.8) is 0 Å². The van der Waals surface area contributed by atoms with Gasteiger partial charge in [-0.25, -0.2) is 4.79 Å². The van der Waals surface area contributed by atoms with Crippen LogP contribution in [0.1, 0.15) is 39.2 Å². The summed E-state index contributed by atoms with van der Waals surface area (Å²) in [5, 5.41) is 0. The molecule has 0 spiro atoms. The molecule has 0 saturated carbocycles. The zero-order valence-corrected chi connectivity index (χ0v) is 12.6. The second-order valence-electron chi connectivity index (χ2n) is 6.50. The first-order chi connectivity index (χ1) is 9.44. The molecule has 2 heterocycles. The van der Waals surface area contributed by atoms with E-state index in [0.29, 0.717) is 5.92 Å². The summed E-state index contributed by atoms with van der Waals surface area (Å²) in [4.78, 5) is 18.1. The molecule has 4 nitrogen and oxygen atoms in total. The highest BCUT2D eigenvalue weighted by Gasteiger charge is 2.27. The molecule has 1 aliphatic heterocycles. The van der Waals surface area contributed by atoms with E-state index in [4.69, 9.17) is 4.74 Å². The summed E-state index contributed by atoms with van der Waals surface area (Å²) >= 11 is 0. The van der Waals surface area contributed by atoms with E-state index in [1.807, 2.05) is 37.9 Å². The van der Waals surface area contributed by atoms with Crippen molar-refractivity contribution in [2.45, 2.75) is 45.6 Å². The lowest BCUT2D eigenvalue weighted by molar-refractivity contribution is 0.0166. The van der Waals surface area contributed by atoms with Crippen LogP contribution >= 0.6 is 0 Å². The van der Waals surface area contributed by atoms with E-state index < -0.39 is 5.60 Å². The van der Waals surface area contributed by atoms with Gasteiger partial charge in [0.25, 0.3) is 0 Å². The Kier molecular flexibility index (Phi) is 4.63. The maximum Gasteiger partial charge on any atom is 0.410 e. The van der Waals surface area contributed by atoms with Crippen molar-refractivity contribution in [2.24, 2.45) is 5.92 Å². The van der Waals surface area contributed by atoms with Crippen molar-refractivity contribution >= 4 is 6.09 Å². The van der Waals surface area contributed by atoms with Gasteiger partial charge in [-0.3, -0.25) is 4.98 Å². The van der Waals surface area contributed by atoms with Crippen molar-refractivity contribution in [1.29, 1.82) is 0 Å². The van der Waals surface area contributed by atoms with E-state index in [1.54, 1.807) is 6.20 Å². The van der Waals surface area contributed by atoms with E-state index >= 15 is 0 Å². The Balaban J connectivity index is 1.90. The van der Waals surface area contributed by atoms with Gasteiger partial charge in [-0.1, -0.05) is 6.07 Å². The molecule has 0 aromatic carbocycles. The number of carbonyl (C=O) groups excluding carboxylic acids is 1. The SMILES string of the molecule is CC(C)(C)OC(=O)N1CCCC(Cc2cccnc2)C1. The fourth-order valence-corrected chi connectivity index (χ4v) is 2.58. The number of hydrogen-bond donors (Lipinski definition) is 0. The average Bonchev–Trinajstić information content (AvgIpc) is 2.38. The molecule has 110 valence electrons. The zero-order chi connectivity index (χ0) is 14.6. The van der Waals surface area contributed by atoms with E-state index in [-0.39, 0.29) is 6.09 Å². The number of nitrogens with zero attached hydrogens (tertiary/aromatic N) is 2. The van der Waals surface area contributed by atoms with Crippen LogP contribution in [0.5, 0.6) is 0 Å². The summed E-state index contributed by atoms with van der Waals surface area (Å²) in [6, 6.07) is 4.06. The molecule has 1 aromatic rings. The molecule has 1 saturated heterocycles. The van der Waals surface area contributed by atoms with Crippen LogP contribution in [-0.4, -0.2) is 34.7 Å². The predicted octanol–water partition coefficient (Wildman–Crippen LogP) is 3.27. The molecule has 1 amide bonds. The fraction of sp³-hybridized carbons (Fsp3) is 0.625. The highest BCUT2D eigenvalue weighted by Crippen LogP contribution is 2.22. The summed E-state index contributed by atoms with van der Waals surface area (Å²) in [5.74, 6) is 0.500. The Labute approximate surface area is 121 Å². The number of aromatic nitrogens is 1. The number of hydrogen-bond acceptors (Lipinski definition) is 3. The molecule has 0 radical (unpaired) electrons. The van der Waals surface area contributed by atoms with E-state index in [1.165, 1.54) is 5.56 Å². The number of likely N-dealkylation sites (tertiary alicyclic amines) is 1. The minimum absolute atomic E-state index is 0.187. The molecular formula is C16H24N2O2. The number of rotatable bonds is 2. The molecular weight excluding hydrogens is 252 g/mol. The summed E-state index contributed by atoms with van der Waals surface area (Å²) < 4.78 is 5.45. The van der Waals surface area contributed by atoms with Crippen molar-refractivity contribution in [1.82, 2.24) is 9.88 Å². The van der Waals surface area contributed by atoms with Crippen molar-refractivity contribution < 1.29 is 9.53 Å². The second kappa shape index (κ2) is 6.25. The minimum Gasteiger partial charge on any atom is -0.444 e. The third-order valence-electron chi connectivity index (χ3n) is 3.42. The topological polar surface area (TPSA) is 42.4 Å². The number of ether oxygens (including phenoxy) is 1. The summed E-state index contributed by atoms with van der Waals surface area (Å²) in [7, 11) is 0. The van der Waals surface area contributed by atoms with Gasteiger partial charge in [0.2, 0.25) is 0 Å². The second-order valence-corrected chi connectivity index (χ2v) is 6.50. The molecule has 1 fully saturated rings. The predicted molar refractivity (Wildman–Crippen MR) is 78.5 cm³/mol. The molecule has 20 heavy (non-hydrogen) atoms. The van der Waals surface area contributed by atoms with Gasteiger partial charge in [0.15, 0.2) is 0 Å². The zero-order valence-electron chi connectivity index (χ0n) is 12.6. The lowest BCUT2D eigenvalue weighted by Gasteiger charge is -2.34. The normalized spacial score (nSPS) is 19.8. The molecule has 1 aromatic heterocycles. The van der Waals surface area contributed by atoms with Crippen LogP contribution in [0.4, 0.5) is 4.79 Å². The Hall–Kier alpha value is -1.58. The summed E-state index contributed by atoms with van der Waals surface area (Å²) in [6.45, 7) is 7.30. The average molecular weight is 276 g/mol. The monoisotopic (exact) mass is 276 g/mol. The van der Waals surface area contributed by atoms with Gasteiger partial charge in [0, 0.05) is 25.5 Å². The number of piperidine rings is 1. The fourth-order valence-electron chi connectivity index (χ4n) is 2.58. The van der Waals surface area contributed by atoms with Gasteiger partial charge in [-0.15, -0.1) is 0 Å². The molecule has 0 N–H and O–H groups in total. The minimum atomic E-state index is -0.423. The van der Waals surface area contributed by atoms with E-state index in [2.05, 4.69) is 11.1 Å². The number of carbonyl (C=O) groups is 1. The quantitative estimate of drug-likeness (QED) is 0.832. The van der Waals surface area contributed by atoms with Gasteiger partial charge in [-0.2, -0.15) is 0 Å². The Morgan fingerprint density at radius 2 is 2.30 bits per heavy atom. The molecule has 0 bridgehead atoms. The van der Waals surface area contributed by atoms with Gasteiger partial charge in [0.1, 0.15) is 5.60 Å².